The van der Waals surface area contributed by atoms with Gasteiger partial charge in [-0.15, -0.1) is 10.2 Å². The summed E-state index contributed by atoms with van der Waals surface area (Å²) < 4.78 is 0. The van der Waals surface area contributed by atoms with Crippen molar-refractivity contribution in [3.8, 4) is 0 Å². The van der Waals surface area contributed by atoms with Gasteiger partial charge in [0.05, 0.1) is 0 Å². The number of carbonyl (C=O) groups is 1. The van der Waals surface area contributed by atoms with Gasteiger partial charge in [0.1, 0.15) is 0 Å². The Labute approximate surface area is 113 Å². The van der Waals surface area contributed by atoms with E-state index in [9.17, 15) is 4.79 Å². The zero-order chi connectivity index (χ0) is 14.4. The Morgan fingerprint density at radius 3 is 2.53 bits per heavy atom. The lowest BCUT2D eigenvalue weighted by Gasteiger charge is -2.29. The van der Waals surface area contributed by atoms with Crippen LogP contribution in [-0.2, 0) is 0 Å². The minimum atomic E-state index is -0.118. The monoisotopic (exact) mass is 266 g/mol. The van der Waals surface area contributed by atoms with Gasteiger partial charge in [-0.1, -0.05) is 0 Å². The van der Waals surface area contributed by atoms with E-state index in [4.69, 9.17) is 5.84 Å². The van der Waals surface area contributed by atoms with Crippen molar-refractivity contribution in [2.24, 2.45) is 5.84 Å². The van der Waals surface area contributed by atoms with E-state index in [2.05, 4.69) is 15.6 Å². The molecule has 1 amide bonds. The number of aromatic nitrogens is 2. The Hall–Kier alpha value is -1.73. The molecule has 0 fully saturated rings. The Bertz CT molecular complexity index is 405. The minimum absolute atomic E-state index is 0.113. The summed E-state index contributed by atoms with van der Waals surface area (Å²) in [6, 6.07) is 3.36. The van der Waals surface area contributed by atoms with Crippen LogP contribution in [-0.4, -0.2) is 59.1 Å². The van der Waals surface area contributed by atoms with Crippen LogP contribution in [0.2, 0.25) is 0 Å². The van der Waals surface area contributed by atoms with Gasteiger partial charge in [-0.3, -0.25) is 4.79 Å². The third-order valence-electron chi connectivity index (χ3n) is 2.79. The minimum Gasteiger partial charge on any atom is -0.334 e. The van der Waals surface area contributed by atoms with Crippen LogP contribution in [0.3, 0.4) is 0 Å². The van der Waals surface area contributed by atoms with Crippen molar-refractivity contribution in [3.05, 3.63) is 17.8 Å². The van der Waals surface area contributed by atoms with Crippen LogP contribution in [0.5, 0.6) is 0 Å². The average Bonchev–Trinajstić information content (AvgIpc) is 2.38. The van der Waals surface area contributed by atoms with Gasteiger partial charge < -0.3 is 15.2 Å². The molecule has 0 aliphatic carbocycles. The fourth-order valence-electron chi connectivity index (χ4n) is 1.95. The highest BCUT2D eigenvalue weighted by molar-refractivity contribution is 5.92. The molecule has 19 heavy (non-hydrogen) atoms. The molecule has 0 radical (unpaired) electrons. The summed E-state index contributed by atoms with van der Waals surface area (Å²) >= 11 is 0. The first-order valence-electron chi connectivity index (χ1n) is 6.25. The van der Waals surface area contributed by atoms with Gasteiger partial charge in [0.15, 0.2) is 11.5 Å². The SMILES string of the molecule is CCN(C(=O)c1ccc(NN)nn1)C(C)CN(C)C. The molecule has 0 aliphatic rings. The van der Waals surface area contributed by atoms with Crippen molar-refractivity contribution in [3.63, 3.8) is 0 Å². The van der Waals surface area contributed by atoms with Crippen LogP contribution in [0.15, 0.2) is 12.1 Å². The normalized spacial score (nSPS) is 12.3. The Balaban J connectivity index is 2.82. The van der Waals surface area contributed by atoms with E-state index in [0.717, 1.165) is 6.54 Å². The maximum atomic E-state index is 12.4. The number of hydrazine groups is 1. The second-order valence-corrected chi connectivity index (χ2v) is 4.65. The molecule has 3 N–H and O–H groups in total. The van der Waals surface area contributed by atoms with Crippen LogP contribution in [0.1, 0.15) is 24.3 Å². The Kier molecular flexibility index (Phi) is 5.65. The smallest absolute Gasteiger partial charge is 0.274 e. The van der Waals surface area contributed by atoms with Gasteiger partial charge >= 0.3 is 0 Å². The molecule has 0 saturated heterocycles. The van der Waals surface area contributed by atoms with Gasteiger partial charge in [0.2, 0.25) is 0 Å². The highest BCUT2D eigenvalue weighted by Crippen LogP contribution is 2.08. The van der Waals surface area contributed by atoms with Gasteiger partial charge in [0.25, 0.3) is 5.91 Å². The fraction of sp³-hybridized carbons (Fsp3) is 0.583. The molecule has 1 rings (SSSR count). The van der Waals surface area contributed by atoms with E-state index >= 15 is 0 Å². The molecule has 7 nitrogen and oxygen atoms in total. The molecule has 0 spiro atoms. The average molecular weight is 266 g/mol. The number of rotatable bonds is 6. The lowest BCUT2D eigenvalue weighted by molar-refractivity contribution is 0.0672. The maximum Gasteiger partial charge on any atom is 0.274 e. The third kappa shape index (κ3) is 4.15. The van der Waals surface area contributed by atoms with Crippen LogP contribution in [0.25, 0.3) is 0 Å². The molecular formula is C12H22N6O. The van der Waals surface area contributed by atoms with Gasteiger partial charge in [-0.05, 0) is 40.1 Å². The summed E-state index contributed by atoms with van der Waals surface area (Å²) in [7, 11) is 3.96. The molecular weight excluding hydrogens is 244 g/mol. The van der Waals surface area contributed by atoms with Gasteiger partial charge in [0, 0.05) is 19.1 Å². The highest BCUT2D eigenvalue weighted by atomic mass is 16.2. The third-order valence-corrected chi connectivity index (χ3v) is 2.79. The quantitative estimate of drug-likeness (QED) is 0.564. The molecule has 1 aromatic rings. The van der Waals surface area contributed by atoms with Crippen LogP contribution < -0.4 is 11.3 Å². The van der Waals surface area contributed by atoms with Crippen molar-refractivity contribution >= 4 is 11.7 Å². The van der Waals surface area contributed by atoms with Crippen molar-refractivity contribution in [1.29, 1.82) is 0 Å². The number of nitrogen functional groups attached to an aromatic ring is 1. The fourth-order valence-corrected chi connectivity index (χ4v) is 1.95. The predicted octanol–water partition coefficient (Wildman–Crippen LogP) is 0.174. The second kappa shape index (κ2) is 7.01. The summed E-state index contributed by atoms with van der Waals surface area (Å²) in [5.74, 6) is 5.53. The first-order valence-corrected chi connectivity index (χ1v) is 6.25. The van der Waals surface area contributed by atoms with Crippen molar-refractivity contribution < 1.29 is 4.79 Å². The zero-order valence-corrected chi connectivity index (χ0v) is 11.9. The molecule has 0 bridgehead atoms. The lowest BCUT2D eigenvalue weighted by atomic mass is 10.2. The molecule has 106 valence electrons. The Morgan fingerprint density at radius 1 is 1.42 bits per heavy atom. The molecule has 1 aromatic heterocycles. The van der Waals surface area contributed by atoms with E-state index in [1.807, 2.05) is 32.8 Å². The number of carbonyl (C=O) groups excluding carboxylic acids is 1. The van der Waals surface area contributed by atoms with Crippen molar-refractivity contribution in [2.75, 3.05) is 32.6 Å². The number of nitrogens with two attached hydrogens (primary N) is 1. The van der Waals surface area contributed by atoms with Crippen molar-refractivity contribution in [2.45, 2.75) is 19.9 Å². The summed E-state index contributed by atoms with van der Waals surface area (Å²) in [6.07, 6.45) is 0. The van der Waals surface area contributed by atoms with E-state index in [1.165, 1.54) is 0 Å². The predicted molar refractivity (Wildman–Crippen MR) is 74.6 cm³/mol. The summed E-state index contributed by atoms with van der Waals surface area (Å²) in [6.45, 7) is 5.40. The molecule has 0 aliphatic heterocycles. The maximum absolute atomic E-state index is 12.4. The number of nitrogens with zero attached hydrogens (tertiary/aromatic N) is 4. The molecule has 0 aromatic carbocycles. The molecule has 1 atom stereocenters. The summed E-state index contributed by atoms with van der Waals surface area (Å²) in [5, 5.41) is 7.69. The number of hydrogen-bond acceptors (Lipinski definition) is 6. The van der Waals surface area contributed by atoms with E-state index in [-0.39, 0.29) is 11.9 Å². The molecule has 0 saturated carbocycles. The standard InChI is InChI=1S/C12H22N6O/c1-5-18(9(2)8-17(3)4)12(19)10-6-7-11(14-13)16-15-10/h6-7,9H,5,8,13H2,1-4H3,(H,14,16). The zero-order valence-electron chi connectivity index (χ0n) is 11.9. The topological polar surface area (TPSA) is 87.4 Å². The number of hydrogen-bond donors (Lipinski definition) is 2. The van der Waals surface area contributed by atoms with Crippen LogP contribution >= 0.6 is 0 Å². The second-order valence-electron chi connectivity index (χ2n) is 4.65. The van der Waals surface area contributed by atoms with Crippen LogP contribution in [0.4, 0.5) is 5.82 Å². The molecule has 1 heterocycles. The first kappa shape index (κ1) is 15.3. The highest BCUT2D eigenvalue weighted by Gasteiger charge is 2.21. The van der Waals surface area contributed by atoms with Gasteiger partial charge in [-0.25, -0.2) is 5.84 Å². The van der Waals surface area contributed by atoms with Crippen LogP contribution in [0, 0.1) is 0 Å². The Morgan fingerprint density at radius 2 is 2.11 bits per heavy atom. The van der Waals surface area contributed by atoms with E-state index in [1.54, 1.807) is 17.0 Å². The molecule has 1 unspecified atom stereocenters. The van der Waals surface area contributed by atoms with E-state index < -0.39 is 0 Å². The summed E-state index contributed by atoms with van der Waals surface area (Å²) in [4.78, 5) is 16.2. The number of amides is 1. The van der Waals surface area contributed by atoms with E-state index in [0.29, 0.717) is 18.1 Å². The van der Waals surface area contributed by atoms with Gasteiger partial charge in [-0.2, -0.15) is 0 Å². The number of likely N-dealkylation sites (N-methyl/N-ethyl adjacent to an activating group) is 2. The first-order chi connectivity index (χ1) is 8.99. The largest absolute Gasteiger partial charge is 0.334 e. The molecule has 7 heteroatoms. The number of anilines is 1. The number of nitrogens with one attached hydrogen (secondary N) is 1. The lowest BCUT2D eigenvalue weighted by Crippen LogP contribution is -2.44. The summed E-state index contributed by atoms with van der Waals surface area (Å²) in [5.41, 5.74) is 2.71. The van der Waals surface area contributed by atoms with Crippen molar-refractivity contribution in [1.82, 2.24) is 20.0 Å².